The first-order chi connectivity index (χ1) is 11.6. The van der Waals surface area contributed by atoms with Gasteiger partial charge in [-0.05, 0) is 30.7 Å². The summed E-state index contributed by atoms with van der Waals surface area (Å²) < 4.78 is 18.2. The number of hydrogen-bond donors (Lipinski definition) is 3. The van der Waals surface area contributed by atoms with Gasteiger partial charge in [-0.2, -0.15) is 0 Å². The van der Waals surface area contributed by atoms with E-state index in [2.05, 4.69) is 16.0 Å². The molecule has 3 rings (SSSR count). The summed E-state index contributed by atoms with van der Waals surface area (Å²) in [6.07, 6.45) is 0.705. The molecule has 2 saturated heterocycles. The number of nitrogens with one attached hydrogen (secondary N) is 3. The second kappa shape index (κ2) is 8.98. The average molecular weight is 373 g/mol. The molecule has 7 nitrogen and oxygen atoms in total. The fourth-order valence-corrected chi connectivity index (χ4v) is 2.91. The lowest BCUT2D eigenvalue weighted by Crippen LogP contribution is -2.52. The minimum Gasteiger partial charge on any atom is -0.378 e. The topological polar surface area (TPSA) is 82.7 Å². The van der Waals surface area contributed by atoms with Crippen LogP contribution in [0.1, 0.15) is 6.42 Å². The molecule has 0 aliphatic carbocycles. The van der Waals surface area contributed by atoms with Gasteiger partial charge in [-0.25, -0.2) is 9.18 Å². The number of halogens is 2. The summed E-state index contributed by atoms with van der Waals surface area (Å²) in [5.41, 5.74) is 0.517. The number of nitrogens with zero attached hydrogens (tertiary/aromatic N) is 1. The minimum absolute atomic E-state index is 0. The monoisotopic (exact) mass is 372 g/mol. The Morgan fingerprint density at radius 2 is 2.04 bits per heavy atom. The standard InChI is InChI=1S/C16H21FN4O3.ClH/c17-11-1-3-12(4-2-11)19-16(23)20-13-5-7-21(9-13)15(22)14-10-24-8-6-18-14;/h1-4,13-14,18H,5-10H2,(H2,19,20,23);1H. The summed E-state index contributed by atoms with van der Waals surface area (Å²) in [6.45, 7) is 2.77. The number of rotatable bonds is 3. The van der Waals surface area contributed by atoms with Gasteiger partial charge in [0.2, 0.25) is 5.91 Å². The highest BCUT2D eigenvalue weighted by molar-refractivity contribution is 5.89. The SMILES string of the molecule is Cl.O=C(Nc1ccc(F)cc1)NC1CCN(C(=O)C2COCCN2)C1. The van der Waals surface area contributed by atoms with E-state index in [0.717, 1.165) is 0 Å². The molecule has 138 valence electrons. The molecule has 3 amide bonds. The number of ether oxygens (including phenoxy) is 1. The molecule has 2 heterocycles. The van der Waals surface area contributed by atoms with E-state index in [1.807, 2.05) is 0 Å². The number of hydrogen-bond acceptors (Lipinski definition) is 4. The molecule has 0 radical (unpaired) electrons. The van der Waals surface area contributed by atoms with E-state index in [4.69, 9.17) is 4.74 Å². The maximum Gasteiger partial charge on any atom is 0.319 e. The molecule has 0 spiro atoms. The first kappa shape index (κ1) is 19.4. The van der Waals surface area contributed by atoms with Gasteiger partial charge in [-0.1, -0.05) is 0 Å². The second-order valence-electron chi connectivity index (χ2n) is 5.96. The third-order valence-electron chi connectivity index (χ3n) is 4.16. The fraction of sp³-hybridized carbons (Fsp3) is 0.500. The normalized spacial score (nSPS) is 22.8. The van der Waals surface area contributed by atoms with Crippen LogP contribution in [0.15, 0.2) is 24.3 Å². The Hall–Kier alpha value is -1.90. The predicted octanol–water partition coefficient (Wildman–Crippen LogP) is 0.958. The van der Waals surface area contributed by atoms with Gasteiger partial charge in [0.25, 0.3) is 0 Å². The summed E-state index contributed by atoms with van der Waals surface area (Å²) in [5.74, 6) is -0.343. The first-order valence-corrected chi connectivity index (χ1v) is 8.05. The Kier molecular flexibility index (Phi) is 6.98. The van der Waals surface area contributed by atoms with Crippen molar-refractivity contribution in [2.45, 2.75) is 18.5 Å². The van der Waals surface area contributed by atoms with Crippen LogP contribution in [0, 0.1) is 5.82 Å². The van der Waals surface area contributed by atoms with E-state index < -0.39 is 0 Å². The second-order valence-corrected chi connectivity index (χ2v) is 5.96. The molecule has 0 saturated carbocycles. The van der Waals surface area contributed by atoms with Crippen molar-refractivity contribution >= 4 is 30.0 Å². The molecule has 2 aliphatic rings. The van der Waals surface area contributed by atoms with Crippen LogP contribution in [0.25, 0.3) is 0 Å². The molecule has 0 bridgehead atoms. The fourth-order valence-electron chi connectivity index (χ4n) is 2.91. The molecule has 2 fully saturated rings. The van der Waals surface area contributed by atoms with E-state index in [1.54, 1.807) is 4.90 Å². The van der Waals surface area contributed by atoms with Gasteiger partial charge in [0.1, 0.15) is 11.9 Å². The van der Waals surface area contributed by atoms with E-state index in [0.29, 0.717) is 45.0 Å². The number of carbonyl (C=O) groups excluding carboxylic acids is 2. The quantitative estimate of drug-likeness (QED) is 0.738. The highest BCUT2D eigenvalue weighted by atomic mass is 35.5. The van der Waals surface area contributed by atoms with Crippen LogP contribution in [0.4, 0.5) is 14.9 Å². The molecule has 0 aromatic heterocycles. The number of likely N-dealkylation sites (tertiary alicyclic amines) is 1. The molecular weight excluding hydrogens is 351 g/mol. The zero-order valence-corrected chi connectivity index (χ0v) is 14.5. The summed E-state index contributed by atoms with van der Waals surface area (Å²) in [4.78, 5) is 26.1. The van der Waals surface area contributed by atoms with Crippen molar-refractivity contribution < 1.29 is 18.7 Å². The van der Waals surface area contributed by atoms with Gasteiger partial charge in [-0.15, -0.1) is 12.4 Å². The molecule has 2 unspecified atom stereocenters. The maximum absolute atomic E-state index is 12.8. The van der Waals surface area contributed by atoms with Gasteiger partial charge >= 0.3 is 6.03 Å². The number of carbonyl (C=O) groups is 2. The lowest BCUT2D eigenvalue weighted by atomic mass is 10.2. The van der Waals surface area contributed by atoms with Crippen molar-refractivity contribution in [3.63, 3.8) is 0 Å². The van der Waals surface area contributed by atoms with E-state index in [1.165, 1.54) is 24.3 Å². The van der Waals surface area contributed by atoms with Gasteiger partial charge in [0.15, 0.2) is 0 Å². The van der Waals surface area contributed by atoms with Crippen LogP contribution in [0.5, 0.6) is 0 Å². The molecule has 3 N–H and O–H groups in total. The van der Waals surface area contributed by atoms with Gasteiger partial charge in [-0.3, -0.25) is 4.79 Å². The third-order valence-corrected chi connectivity index (χ3v) is 4.16. The largest absolute Gasteiger partial charge is 0.378 e. The molecule has 1 aromatic carbocycles. The number of anilines is 1. The van der Waals surface area contributed by atoms with Crippen molar-refractivity contribution in [1.29, 1.82) is 0 Å². The number of benzene rings is 1. The molecule has 2 atom stereocenters. The highest BCUT2D eigenvalue weighted by Gasteiger charge is 2.32. The van der Waals surface area contributed by atoms with Crippen LogP contribution in [0.3, 0.4) is 0 Å². The Morgan fingerprint density at radius 3 is 2.72 bits per heavy atom. The molecule has 9 heteroatoms. The van der Waals surface area contributed by atoms with Crippen LogP contribution >= 0.6 is 12.4 Å². The number of morpholine rings is 1. The van der Waals surface area contributed by atoms with Gasteiger partial charge < -0.3 is 25.6 Å². The molecular formula is C16H22ClFN4O3. The van der Waals surface area contributed by atoms with E-state index >= 15 is 0 Å². The van der Waals surface area contributed by atoms with Crippen LogP contribution in [0.2, 0.25) is 0 Å². The number of amides is 3. The zero-order valence-electron chi connectivity index (χ0n) is 13.7. The zero-order chi connectivity index (χ0) is 16.9. The van der Waals surface area contributed by atoms with Crippen LogP contribution in [-0.2, 0) is 9.53 Å². The van der Waals surface area contributed by atoms with Crippen molar-refractivity contribution in [3.8, 4) is 0 Å². The minimum atomic E-state index is -0.361. The third kappa shape index (κ3) is 5.29. The molecule has 2 aliphatic heterocycles. The maximum atomic E-state index is 12.8. The number of urea groups is 1. The Balaban J connectivity index is 0.00000225. The Labute approximate surface area is 151 Å². The van der Waals surface area contributed by atoms with E-state index in [9.17, 15) is 14.0 Å². The van der Waals surface area contributed by atoms with Crippen molar-refractivity contribution in [1.82, 2.24) is 15.5 Å². The van der Waals surface area contributed by atoms with Crippen LogP contribution < -0.4 is 16.0 Å². The van der Waals surface area contributed by atoms with Gasteiger partial charge in [0.05, 0.1) is 13.2 Å². The smallest absolute Gasteiger partial charge is 0.319 e. The first-order valence-electron chi connectivity index (χ1n) is 8.05. The Morgan fingerprint density at radius 1 is 1.28 bits per heavy atom. The highest BCUT2D eigenvalue weighted by Crippen LogP contribution is 2.13. The average Bonchev–Trinajstić information content (AvgIpc) is 3.05. The summed E-state index contributed by atoms with van der Waals surface area (Å²) in [6, 6.07) is 4.79. The van der Waals surface area contributed by atoms with E-state index in [-0.39, 0.29) is 42.2 Å². The lowest BCUT2D eigenvalue weighted by Gasteiger charge is -2.27. The molecule has 25 heavy (non-hydrogen) atoms. The van der Waals surface area contributed by atoms with Gasteiger partial charge in [0, 0.05) is 31.4 Å². The predicted molar refractivity (Wildman–Crippen MR) is 93.4 cm³/mol. The van der Waals surface area contributed by atoms with Crippen molar-refractivity contribution in [2.75, 3.05) is 38.2 Å². The lowest BCUT2D eigenvalue weighted by molar-refractivity contribution is -0.135. The summed E-state index contributed by atoms with van der Waals surface area (Å²) in [5, 5.41) is 8.63. The van der Waals surface area contributed by atoms with Crippen LogP contribution in [-0.4, -0.2) is 61.8 Å². The Bertz CT molecular complexity index is 596. The van der Waals surface area contributed by atoms with Crippen molar-refractivity contribution in [2.24, 2.45) is 0 Å². The molecule has 1 aromatic rings. The summed E-state index contributed by atoms with van der Waals surface area (Å²) >= 11 is 0. The summed E-state index contributed by atoms with van der Waals surface area (Å²) in [7, 11) is 0. The van der Waals surface area contributed by atoms with Crippen molar-refractivity contribution in [3.05, 3.63) is 30.1 Å².